The van der Waals surface area contributed by atoms with Crippen LogP contribution in [-0.4, -0.2) is 48.0 Å². The molecule has 3 aliphatic rings. The molecule has 2 heterocycles. The Morgan fingerprint density at radius 1 is 1.46 bits per heavy atom. The van der Waals surface area contributed by atoms with Crippen LogP contribution in [0.1, 0.15) is 45.4 Å². The number of ether oxygens (including phenoxy) is 1. The van der Waals surface area contributed by atoms with Crippen molar-refractivity contribution in [1.29, 1.82) is 5.26 Å². The molecule has 2 fully saturated rings. The maximum atomic E-state index is 12.4. The van der Waals surface area contributed by atoms with Gasteiger partial charge in [0.1, 0.15) is 0 Å². The molecule has 1 saturated heterocycles. The van der Waals surface area contributed by atoms with Crippen LogP contribution >= 0.6 is 0 Å². The predicted molar refractivity (Wildman–Crippen MR) is 86.8 cm³/mol. The van der Waals surface area contributed by atoms with E-state index < -0.39 is 11.5 Å². The Kier molecular flexibility index (Phi) is 4.74. The van der Waals surface area contributed by atoms with Crippen molar-refractivity contribution in [1.82, 2.24) is 10.2 Å². The normalized spacial score (nSPS) is 28.9. The Morgan fingerprint density at radius 3 is 2.88 bits per heavy atom. The maximum absolute atomic E-state index is 12.4. The number of amides is 1. The molecule has 0 aromatic heterocycles. The van der Waals surface area contributed by atoms with Crippen LogP contribution in [0.5, 0.6) is 0 Å². The molecule has 130 valence electrons. The van der Waals surface area contributed by atoms with Crippen molar-refractivity contribution in [3.63, 3.8) is 0 Å². The standard InChI is InChI=1S/C17H24N4O3/c1-2-24-15(23)12-6-5-9-21(11-12)16-19-14(22)13(10-18)17(20-16)7-3-4-8-17/h12-13H,2-9,11H2,1H3,(H,19,20,22)/t12-,13+/m1/s1. The second-order valence-corrected chi connectivity index (χ2v) is 6.83. The van der Waals surface area contributed by atoms with Gasteiger partial charge in [-0.2, -0.15) is 5.26 Å². The molecule has 0 radical (unpaired) electrons. The Hall–Kier alpha value is -2.10. The molecule has 1 saturated carbocycles. The zero-order valence-electron chi connectivity index (χ0n) is 14.1. The van der Waals surface area contributed by atoms with E-state index in [1.165, 1.54) is 0 Å². The lowest BCUT2D eigenvalue weighted by molar-refractivity contribution is -0.149. The molecular formula is C17H24N4O3. The van der Waals surface area contributed by atoms with Crippen molar-refractivity contribution in [2.75, 3.05) is 19.7 Å². The topological polar surface area (TPSA) is 94.8 Å². The zero-order valence-corrected chi connectivity index (χ0v) is 14.1. The van der Waals surface area contributed by atoms with E-state index in [4.69, 9.17) is 9.73 Å². The average molecular weight is 332 g/mol. The number of likely N-dealkylation sites (tertiary alicyclic amines) is 1. The van der Waals surface area contributed by atoms with Gasteiger partial charge < -0.3 is 9.64 Å². The number of guanidine groups is 1. The first-order chi connectivity index (χ1) is 11.6. The predicted octanol–water partition coefficient (Wildman–Crippen LogP) is 1.20. The monoisotopic (exact) mass is 332 g/mol. The number of nitriles is 1. The molecule has 0 aromatic rings. The van der Waals surface area contributed by atoms with Crippen LogP contribution < -0.4 is 5.32 Å². The van der Waals surface area contributed by atoms with Crippen molar-refractivity contribution in [3.05, 3.63) is 0 Å². The van der Waals surface area contributed by atoms with Gasteiger partial charge >= 0.3 is 5.97 Å². The molecule has 0 aromatic carbocycles. The Morgan fingerprint density at radius 2 is 2.21 bits per heavy atom. The molecule has 1 N–H and O–H groups in total. The molecule has 24 heavy (non-hydrogen) atoms. The number of carbonyl (C=O) groups is 2. The molecule has 1 amide bonds. The highest BCUT2D eigenvalue weighted by molar-refractivity contribution is 6.02. The molecule has 0 bridgehead atoms. The van der Waals surface area contributed by atoms with Crippen molar-refractivity contribution >= 4 is 17.8 Å². The lowest BCUT2D eigenvalue weighted by Gasteiger charge is -2.40. The van der Waals surface area contributed by atoms with Gasteiger partial charge in [0.2, 0.25) is 11.9 Å². The van der Waals surface area contributed by atoms with Crippen LogP contribution in [0.3, 0.4) is 0 Å². The van der Waals surface area contributed by atoms with Crippen LogP contribution in [0.4, 0.5) is 0 Å². The van der Waals surface area contributed by atoms with E-state index >= 15 is 0 Å². The summed E-state index contributed by atoms with van der Waals surface area (Å²) in [4.78, 5) is 31.2. The second kappa shape index (κ2) is 6.80. The first kappa shape index (κ1) is 16.7. The zero-order chi connectivity index (χ0) is 17.2. The fourth-order valence-corrected chi connectivity index (χ4v) is 4.07. The minimum atomic E-state index is -0.714. The fourth-order valence-electron chi connectivity index (χ4n) is 4.07. The first-order valence-electron chi connectivity index (χ1n) is 8.81. The molecule has 2 atom stereocenters. The van der Waals surface area contributed by atoms with Crippen molar-refractivity contribution < 1.29 is 14.3 Å². The van der Waals surface area contributed by atoms with Gasteiger partial charge in [-0.15, -0.1) is 0 Å². The lowest BCUT2D eigenvalue weighted by atomic mass is 9.82. The number of carbonyl (C=O) groups excluding carboxylic acids is 2. The third-order valence-corrected chi connectivity index (χ3v) is 5.30. The molecular weight excluding hydrogens is 308 g/mol. The molecule has 0 unspecified atom stereocenters. The number of rotatable bonds is 2. The number of piperidine rings is 1. The van der Waals surface area contributed by atoms with Crippen LogP contribution in [-0.2, 0) is 14.3 Å². The number of hydrogen-bond acceptors (Lipinski definition) is 6. The maximum Gasteiger partial charge on any atom is 0.310 e. The van der Waals surface area contributed by atoms with Crippen LogP contribution in [0.15, 0.2) is 4.99 Å². The molecule has 1 aliphatic carbocycles. The lowest BCUT2D eigenvalue weighted by Crippen LogP contribution is -2.58. The molecule has 3 rings (SSSR count). The molecule has 2 aliphatic heterocycles. The number of esters is 1. The van der Waals surface area contributed by atoms with E-state index in [-0.39, 0.29) is 17.8 Å². The quantitative estimate of drug-likeness (QED) is 0.767. The summed E-state index contributed by atoms with van der Waals surface area (Å²) in [6.07, 6.45) is 5.19. The van der Waals surface area contributed by atoms with E-state index in [0.717, 1.165) is 45.1 Å². The highest BCUT2D eigenvalue weighted by Crippen LogP contribution is 2.41. The van der Waals surface area contributed by atoms with Crippen molar-refractivity contribution in [2.45, 2.75) is 51.0 Å². The SMILES string of the molecule is CCOC(=O)[C@@H]1CCCN(C2=NC3(CCCC3)[C@@H](C#N)C(=O)N2)C1. The number of aliphatic imine (C=N–C) groups is 1. The third-order valence-electron chi connectivity index (χ3n) is 5.30. The summed E-state index contributed by atoms with van der Waals surface area (Å²) in [5.74, 6) is -0.818. The van der Waals surface area contributed by atoms with Gasteiger partial charge in [-0.05, 0) is 32.6 Å². The summed E-state index contributed by atoms with van der Waals surface area (Å²) in [6, 6.07) is 2.14. The summed E-state index contributed by atoms with van der Waals surface area (Å²) < 4.78 is 5.13. The smallest absolute Gasteiger partial charge is 0.310 e. The van der Waals surface area contributed by atoms with Crippen LogP contribution in [0, 0.1) is 23.2 Å². The fraction of sp³-hybridized carbons (Fsp3) is 0.765. The second-order valence-electron chi connectivity index (χ2n) is 6.83. The van der Waals surface area contributed by atoms with Gasteiger partial charge in [-0.3, -0.25) is 14.9 Å². The van der Waals surface area contributed by atoms with Crippen molar-refractivity contribution in [3.8, 4) is 6.07 Å². The summed E-state index contributed by atoms with van der Waals surface area (Å²) in [7, 11) is 0. The van der Waals surface area contributed by atoms with Gasteiger partial charge in [0.05, 0.1) is 24.1 Å². The molecule has 1 spiro atoms. The summed E-state index contributed by atoms with van der Waals surface area (Å²) >= 11 is 0. The highest BCUT2D eigenvalue weighted by atomic mass is 16.5. The largest absolute Gasteiger partial charge is 0.466 e. The third kappa shape index (κ3) is 2.97. The van der Waals surface area contributed by atoms with Gasteiger partial charge in [-0.1, -0.05) is 12.8 Å². The van der Waals surface area contributed by atoms with E-state index in [1.54, 1.807) is 6.92 Å². The van der Waals surface area contributed by atoms with Gasteiger partial charge in [0.15, 0.2) is 5.92 Å². The summed E-state index contributed by atoms with van der Waals surface area (Å²) in [5.41, 5.74) is -0.580. The van der Waals surface area contributed by atoms with Crippen molar-refractivity contribution in [2.24, 2.45) is 16.8 Å². The average Bonchev–Trinajstić information content (AvgIpc) is 3.03. The van der Waals surface area contributed by atoms with E-state index in [0.29, 0.717) is 19.1 Å². The van der Waals surface area contributed by atoms with E-state index in [2.05, 4.69) is 11.4 Å². The van der Waals surface area contributed by atoms with Crippen LogP contribution in [0.25, 0.3) is 0 Å². The first-order valence-corrected chi connectivity index (χ1v) is 8.81. The minimum absolute atomic E-state index is 0.185. The molecule has 7 heteroatoms. The Labute approximate surface area is 142 Å². The van der Waals surface area contributed by atoms with E-state index in [1.807, 2.05) is 4.90 Å². The van der Waals surface area contributed by atoms with E-state index in [9.17, 15) is 14.9 Å². The van der Waals surface area contributed by atoms with Gasteiger partial charge in [-0.25, -0.2) is 4.99 Å². The Bertz CT molecular complexity index is 589. The number of nitrogens with one attached hydrogen (secondary N) is 1. The Balaban J connectivity index is 1.80. The number of nitrogens with zero attached hydrogens (tertiary/aromatic N) is 3. The summed E-state index contributed by atoms with van der Waals surface area (Å²) in [5, 5.41) is 12.2. The minimum Gasteiger partial charge on any atom is -0.466 e. The van der Waals surface area contributed by atoms with Crippen LogP contribution in [0.2, 0.25) is 0 Å². The number of hydrogen-bond donors (Lipinski definition) is 1. The van der Waals surface area contributed by atoms with Gasteiger partial charge in [0.25, 0.3) is 0 Å². The highest BCUT2D eigenvalue weighted by Gasteiger charge is 2.49. The van der Waals surface area contributed by atoms with Gasteiger partial charge in [0, 0.05) is 13.1 Å². The summed E-state index contributed by atoms with van der Waals surface area (Å²) in [6.45, 7) is 3.43. The molecule has 7 nitrogen and oxygen atoms in total.